The highest BCUT2D eigenvalue weighted by atomic mass is 32.1. The summed E-state index contributed by atoms with van der Waals surface area (Å²) in [6.07, 6.45) is -0.104. The van der Waals surface area contributed by atoms with Crippen molar-refractivity contribution in [1.82, 2.24) is 20.0 Å². The summed E-state index contributed by atoms with van der Waals surface area (Å²) in [5.74, 6) is 2.53. The Morgan fingerprint density at radius 3 is 2.67 bits per heavy atom. The smallest absolute Gasteiger partial charge is 0.443 e. The summed E-state index contributed by atoms with van der Waals surface area (Å²) < 4.78 is 65.1. The van der Waals surface area contributed by atoms with Crippen molar-refractivity contribution in [2.45, 2.75) is 71.0 Å². The number of hydrogen-bond donors (Lipinski definition) is 0. The van der Waals surface area contributed by atoms with Gasteiger partial charge in [0.2, 0.25) is 5.91 Å². The van der Waals surface area contributed by atoms with Crippen LogP contribution in [0.1, 0.15) is 72.4 Å². The predicted octanol–water partition coefficient (Wildman–Crippen LogP) is 6.26. The highest BCUT2D eigenvalue weighted by molar-refractivity contribution is 7.11. The molecular weight excluding hydrogens is 586 g/mol. The molecule has 43 heavy (non-hydrogen) atoms. The van der Waals surface area contributed by atoms with E-state index in [4.69, 9.17) is 9.26 Å². The number of carbonyl (C=O) groups excluding carboxylic acids is 1. The van der Waals surface area contributed by atoms with Gasteiger partial charge in [0.05, 0.1) is 25.3 Å². The van der Waals surface area contributed by atoms with E-state index in [0.717, 1.165) is 38.2 Å². The molecule has 0 spiro atoms. The van der Waals surface area contributed by atoms with E-state index >= 15 is 0 Å². The summed E-state index contributed by atoms with van der Waals surface area (Å²) in [6, 6.07) is 5.14. The lowest BCUT2D eigenvalue weighted by Crippen LogP contribution is -2.36. The number of aromatic nitrogens is 3. The molecule has 2 fully saturated rings. The molecule has 2 aromatic heterocycles. The van der Waals surface area contributed by atoms with E-state index in [0.29, 0.717) is 58.0 Å². The minimum atomic E-state index is -4.50. The van der Waals surface area contributed by atoms with Crippen molar-refractivity contribution in [3.8, 4) is 5.75 Å². The third kappa shape index (κ3) is 6.81. The van der Waals surface area contributed by atoms with Gasteiger partial charge >= 0.3 is 12.2 Å². The number of anilines is 1. The quantitative estimate of drug-likeness (QED) is 0.261. The summed E-state index contributed by atoms with van der Waals surface area (Å²) in [4.78, 5) is 25.1. The number of ether oxygens (including phenoxy) is 1. The van der Waals surface area contributed by atoms with E-state index in [1.54, 1.807) is 12.1 Å². The summed E-state index contributed by atoms with van der Waals surface area (Å²) in [7, 11) is 0. The molecule has 2 atom stereocenters. The fourth-order valence-electron chi connectivity index (χ4n) is 6.18. The first-order valence-corrected chi connectivity index (χ1v) is 15.7. The molecule has 8 nitrogen and oxygen atoms in total. The molecule has 0 N–H and O–H groups in total. The first-order valence-electron chi connectivity index (χ1n) is 14.9. The van der Waals surface area contributed by atoms with E-state index in [1.807, 2.05) is 13.8 Å². The average molecular weight is 622 g/mol. The maximum atomic E-state index is 14.8. The van der Waals surface area contributed by atoms with Crippen LogP contribution in [0.2, 0.25) is 0 Å². The van der Waals surface area contributed by atoms with Crippen LogP contribution >= 0.6 is 11.3 Å². The molecule has 232 valence electrons. The molecule has 1 saturated heterocycles. The normalized spacial score (nSPS) is 20.9. The monoisotopic (exact) mass is 621 g/mol. The molecule has 0 unspecified atom stereocenters. The van der Waals surface area contributed by atoms with Gasteiger partial charge in [-0.15, -0.1) is 11.3 Å². The zero-order valence-corrected chi connectivity index (χ0v) is 25.0. The van der Waals surface area contributed by atoms with E-state index in [9.17, 15) is 22.4 Å². The van der Waals surface area contributed by atoms with Crippen molar-refractivity contribution in [1.29, 1.82) is 0 Å². The maximum Gasteiger partial charge on any atom is 0.443 e. The number of thiazole rings is 1. The first-order chi connectivity index (χ1) is 20.5. The fourth-order valence-corrected chi connectivity index (χ4v) is 7.17. The number of piperidine rings is 1. The van der Waals surface area contributed by atoms with E-state index in [1.165, 1.54) is 17.4 Å². The second kappa shape index (κ2) is 12.0. The van der Waals surface area contributed by atoms with E-state index in [2.05, 4.69) is 20.0 Å². The zero-order chi connectivity index (χ0) is 30.3. The van der Waals surface area contributed by atoms with Crippen LogP contribution in [0.5, 0.6) is 5.75 Å². The number of rotatable bonds is 9. The Labute approximate surface area is 251 Å². The predicted molar refractivity (Wildman–Crippen MR) is 151 cm³/mol. The fraction of sp³-hybridized carbons (Fsp3) is 0.600. The number of halogens is 4. The van der Waals surface area contributed by atoms with Gasteiger partial charge in [0.25, 0.3) is 0 Å². The Balaban J connectivity index is 0.924. The summed E-state index contributed by atoms with van der Waals surface area (Å²) >= 11 is 0.567. The number of amides is 1. The minimum absolute atomic E-state index is 0.0593. The number of carbonyl (C=O) groups is 1. The molecule has 1 amide bonds. The minimum Gasteiger partial charge on any atom is -0.493 e. The Bertz CT molecular complexity index is 1450. The Hall–Kier alpha value is -3.22. The molecule has 0 radical (unpaired) electrons. The van der Waals surface area contributed by atoms with Crippen molar-refractivity contribution in [3.63, 3.8) is 0 Å². The number of nitrogens with zero attached hydrogens (tertiary/aromatic N) is 5. The van der Waals surface area contributed by atoms with Crippen molar-refractivity contribution < 1.29 is 31.6 Å². The first kappa shape index (κ1) is 29.8. The Morgan fingerprint density at radius 1 is 1.19 bits per heavy atom. The van der Waals surface area contributed by atoms with Gasteiger partial charge < -0.3 is 19.1 Å². The van der Waals surface area contributed by atoms with Crippen molar-refractivity contribution in [2.75, 3.05) is 31.1 Å². The molecule has 4 heterocycles. The molecule has 1 aromatic carbocycles. The summed E-state index contributed by atoms with van der Waals surface area (Å²) in [6.45, 7) is 6.75. The second-order valence-electron chi connectivity index (χ2n) is 12.1. The lowest BCUT2D eigenvalue weighted by Gasteiger charge is -2.30. The molecule has 3 aromatic rings. The zero-order valence-electron chi connectivity index (χ0n) is 24.2. The molecule has 2 aliphatic heterocycles. The molecule has 3 aliphatic rings. The SMILES string of the molecule is CC(C)c1noc(N2CCC([C@H]3C[C@H]3CCOc3ccc(CC(=O)N4CCc5nc(C(F)(F)F)sc5C4)c(F)c3)CC2)n1. The van der Waals surface area contributed by atoms with Crippen molar-refractivity contribution >= 4 is 23.3 Å². The van der Waals surface area contributed by atoms with Gasteiger partial charge in [-0.3, -0.25) is 4.79 Å². The second-order valence-corrected chi connectivity index (χ2v) is 13.2. The molecular formula is C30H35F4N5O3S. The number of alkyl halides is 3. The highest BCUT2D eigenvalue weighted by Crippen LogP contribution is 2.50. The topological polar surface area (TPSA) is 84.6 Å². The van der Waals surface area contributed by atoms with Gasteiger partial charge in [0, 0.05) is 42.9 Å². The lowest BCUT2D eigenvalue weighted by molar-refractivity contribution is -0.137. The van der Waals surface area contributed by atoms with E-state index in [-0.39, 0.29) is 43.3 Å². The number of benzene rings is 1. The van der Waals surface area contributed by atoms with Crippen LogP contribution in [0.25, 0.3) is 0 Å². The van der Waals surface area contributed by atoms with Crippen LogP contribution in [-0.4, -0.2) is 52.2 Å². The van der Waals surface area contributed by atoms with Crippen LogP contribution < -0.4 is 9.64 Å². The van der Waals surface area contributed by atoms with Crippen molar-refractivity contribution in [2.24, 2.45) is 17.8 Å². The Kier molecular flexibility index (Phi) is 8.36. The van der Waals surface area contributed by atoms with Crippen LogP contribution in [0.3, 0.4) is 0 Å². The van der Waals surface area contributed by atoms with E-state index < -0.39 is 17.0 Å². The average Bonchev–Trinajstić information content (AvgIpc) is 3.36. The largest absolute Gasteiger partial charge is 0.493 e. The van der Waals surface area contributed by atoms with Gasteiger partial charge in [-0.1, -0.05) is 25.1 Å². The number of fused-ring (bicyclic) bond motifs is 1. The van der Waals surface area contributed by atoms with Crippen LogP contribution in [0.4, 0.5) is 23.6 Å². The lowest BCUT2D eigenvalue weighted by atomic mass is 9.90. The van der Waals surface area contributed by atoms with Crippen LogP contribution in [0, 0.1) is 23.6 Å². The van der Waals surface area contributed by atoms with Gasteiger partial charge in [-0.25, -0.2) is 9.37 Å². The Morgan fingerprint density at radius 2 is 1.98 bits per heavy atom. The van der Waals surface area contributed by atoms with Crippen LogP contribution in [-0.2, 0) is 30.4 Å². The highest BCUT2D eigenvalue weighted by Gasteiger charge is 2.43. The van der Waals surface area contributed by atoms with Gasteiger partial charge in [-0.05, 0) is 55.1 Å². The molecule has 13 heteroatoms. The van der Waals surface area contributed by atoms with Gasteiger partial charge in [0.1, 0.15) is 11.6 Å². The maximum absolute atomic E-state index is 14.8. The van der Waals surface area contributed by atoms with Gasteiger partial charge in [0.15, 0.2) is 10.8 Å². The molecule has 1 aliphatic carbocycles. The third-order valence-corrected chi connectivity index (χ3v) is 9.92. The summed E-state index contributed by atoms with van der Waals surface area (Å²) in [5, 5.41) is 3.18. The van der Waals surface area contributed by atoms with Crippen molar-refractivity contribution in [3.05, 3.63) is 51.0 Å². The molecule has 6 rings (SSSR count). The standard InChI is InChI=1S/C30H35F4N5O3S/c1-17(2)27-36-29(42-37-27)38-9-5-18(6-10-38)22-13-19(22)8-12-41-21-4-3-20(23(31)15-21)14-26(40)39-11-7-24-25(16-39)43-28(35-24)30(32,33)34/h3-4,15,17-19,22H,5-14,16H2,1-2H3/t19-,22-/m1/s1. The number of hydrogen-bond acceptors (Lipinski definition) is 8. The van der Waals surface area contributed by atoms with Crippen LogP contribution in [0.15, 0.2) is 22.7 Å². The third-order valence-electron chi connectivity index (χ3n) is 8.79. The molecule has 0 bridgehead atoms. The van der Waals surface area contributed by atoms with Gasteiger partial charge in [-0.2, -0.15) is 18.2 Å². The molecule has 1 saturated carbocycles. The summed E-state index contributed by atoms with van der Waals surface area (Å²) in [5.41, 5.74) is 0.621.